The number of nitrogens with zero attached hydrogens (tertiary/aromatic N) is 3. The molecule has 1 aromatic heterocycles. The van der Waals surface area contributed by atoms with E-state index in [0.717, 1.165) is 22.5 Å². The number of Topliss-reactive ketones (excluding diaryl/α,β-unsaturated/α-hetero) is 1. The van der Waals surface area contributed by atoms with Gasteiger partial charge in [-0.1, -0.05) is 17.7 Å². The molecule has 0 aliphatic carbocycles. The third-order valence-corrected chi connectivity index (χ3v) is 3.15. The molecule has 0 spiro atoms. The monoisotopic (exact) mass is 257 g/mol. The first kappa shape index (κ1) is 13.5. The standard InChI is InChI=1S/C15H19N3O/c1-10(2)18-15(16-9-17-18)8-14(19)13-7-11(3)5-6-12(13)4/h5-7,9-10H,8H2,1-4H3. The molecule has 0 saturated carbocycles. The summed E-state index contributed by atoms with van der Waals surface area (Å²) in [5, 5.41) is 4.16. The second-order valence-corrected chi connectivity index (χ2v) is 5.13. The van der Waals surface area contributed by atoms with Gasteiger partial charge in [0.2, 0.25) is 0 Å². The molecule has 0 unspecified atom stereocenters. The highest BCUT2D eigenvalue weighted by Gasteiger charge is 2.15. The maximum Gasteiger partial charge on any atom is 0.170 e. The van der Waals surface area contributed by atoms with E-state index < -0.39 is 0 Å². The van der Waals surface area contributed by atoms with Crippen LogP contribution in [0.1, 0.15) is 47.2 Å². The topological polar surface area (TPSA) is 47.8 Å². The number of hydrogen-bond acceptors (Lipinski definition) is 3. The van der Waals surface area contributed by atoms with Crippen molar-refractivity contribution in [3.8, 4) is 0 Å². The number of carbonyl (C=O) groups excluding carboxylic acids is 1. The van der Waals surface area contributed by atoms with Gasteiger partial charge in [-0.05, 0) is 39.3 Å². The quantitative estimate of drug-likeness (QED) is 0.791. The Labute approximate surface area is 113 Å². The molecule has 0 saturated heterocycles. The van der Waals surface area contributed by atoms with Crippen LogP contribution < -0.4 is 0 Å². The number of benzene rings is 1. The van der Waals surface area contributed by atoms with Crippen molar-refractivity contribution in [1.82, 2.24) is 14.8 Å². The molecule has 2 rings (SSSR count). The summed E-state index contributed by atoms with van der Waals surface area (Å²) >= 11 is 0. The summed E-state index contributed by atoms with van der Waals surface area (Å²) in [6.45, 7) is 8.01. The highest BCUT2D eigenvalue weighted by Crippen LogP contribution is 2.14. The van der Waals surface area contributed by atoms with Gasteiger partial charge in [0.1, 0.15) is 12.2 Å². The fraction of sp³-hybridized carbons (Fsp3) is 0.400. The van der Waals surface area contributed by atoms with Gasteiger partial charge >= 0.3 is 0 Å². The zero-order valence-electron chi connectivity index (χ0n) is 11.8. The van der Waals surface area contributed by atoms with Gasteiger partial charge in [-0.2, -0.15) is 5.10 Å². The second-order valence-electron chi connectivity index (χ2n) is 5.13. The lowest BCUT2D eigenvalue weighted by molar-refractivity contribution is 0.0988. The van der Waals surface area contributed by atoms with Crippen LogP contribution >= 0.6 is 0 Å². The van der Waals surface area contributed by atoms with Crippen molar-refractivity contribution in [3.63, 3.8) is 0 Å². The first-order chi connectivity index (χ1) is 8.99. The molecule has 0 amide bonds. The molecule has 100 valence electrons. The van der Waals surface area contributed by atoms with Crippen LogP contribution in [-0.2, 0) is 6.42 Å². The highest BCUT2D eigenvalue weighted by atomic mass is 16.1. The molecule has 2 aromatic rings. The van der Waals surface area contributed by atoms with E-state index in [-0.39, 0.29) is 11.8 Å². The zero-order chi connectivity index (χ0) is 14.0. The SMILES string of the molecule is Cc1ccc(C)c(C(=O)Cc2ncnn2C(C)C)c1. The Morgan fingerprint density at radius 3 is 2.74 bits per heavy atom. The van der Waals surface area contributed by atoms with Crippen LogP contribution in [0.3, 0.4) is 0 Å². The summed E-state index contributed by atoms with van der Waals surface area (Å²) in [7, 11) is 0. The fourth-order valence-electron chi connectivity index (χ4n) is 2.11. The molecular weight excluding hydrogens is 238 g/mol. The largest absolute Gasteiger partial charge is 0.294 e. The Morgan fingerprint density at radius 1 is 1.32 bits per heavy atom. The van der Waals surface area contributed by atoms with Crippen LogP contribution in [0.2, 0.25) is 0 Å². The van der Waals surface area contributed by atoms with Gasteiger partial charge in [0.25, 0.3) is 0 Å². The number of hydrogen-bond donors (Lipinski definition) is 0. The van der Waals surface area contributed by atoms with Crippen molar-refractivity contribution in [1.29, 1.82) is 0 Å². The number of aromatic nitrogens is 3. The van der Waals surface area contributed by atoms with Crippen LogP contribution in [0, 0.1) is 13.8 Å². The van der Waals surface area contributed by atoms with Crippen LogP contribution in [0.25, 0.3) is 0 Å². The Morgan fingerprint density at radius 2 is 2.05 bits per heavy atom. The van der Waals surface area contributed by atoms with E-state index in [9.17, 15) is 4.79 Å². The fourth-order valence-corrected chi connectivity index (χ4v) is 2.11. The molecule has 1 aromatic carbocycles. The number of ketones is 1. The van der Waals surface area contributed by atoms with E-state index in [2.05, 4.69) is 10.1 Å². The van der Waals surface area contributed by atoms with Gasteiger partial charge in [0.15, 0.2) is 5.78 Å². The van der Waals surface area contributed by atoms with E-state index >= 15 is 0 Å². The number of carbonyl (C=O) groups is 1. The second kappa shape index (κ2) is 5.34. The lowest BCUT2D eigenvalue weighted by Gasteiger charge is -2.10. The molecule has 4 nitrogen and oxygen atoms in total. The minimum absolute atomic E-state index is 0.0936. The summed E-state index contributed by atoms with van der Waals surface area (Å²) in [5.74, 6) is 0.817. The van der Waals surface area contributed by atoms with E-state index in [1.54, 1.807) is 4.68 Å². The molecule has 0 N–H and O–H groups in total. The van der Waals surface area contributed by atoms with Crippen molar-refractivity contribution in [3.05, 3.63) is 47.0 Å². The maximum absolute atomic E-state index is 12.4. The molecule has 4 heteroatoms. The van der Waals surface area contributed by atoms with Gasteiger partial charge in [-0.15, -0.1) is 0 Å². The van der Waals surface area contributed by atoms with Crippen molar-refractivity contribution in [2.45, 2.75) is 40.2 Å². The van der Waals surface area contributed by atoms with Crippen molar-refractivity contribution >= 4 is 5.78 Å². The lowest BCUT2D eigenvalue weighted by atomic mass is 10.00. The average molecular weight is 257 g/mol. The van der Waals surface area contributed by atoms with Crippen molar-refractivity contribution in [2.24, 2.45) is 0 Å². The third-order valence-electron chi connectivity index (χ3n) is 3.15. The van der Waals surface area contributed by atoms with E-state index in [1.165, 1.54) is 6.33 Å². The van der Waals surface area contributed by atoms with Gasteiger partial charge in [-0.25, -0.2) is 9.67 Å². The number of aryl methyl sites for hydroxylation is 2. The minimum Gasteiger partial charge on any atom is -0.294 e. The first-order valence-electron chi connectivity index (χ1n) is 6.48. The Kier molecular flexibility index (Phi) is 3.79. The molecule has 0 bridgehead atoms. The van der Waals surface area contributed by atoms with Crippen LogP contribution in [0.4, 0.5) is 0 Å². The Bertz CT molecular complexity index is 599. The summed E-state index contributed by atoms with van der Waals surface area (Å²) < 4.78 is 1.79. The lowest BCUT2D eigenvalue weighted by Crippen LogP contribution is -2.14. The van der Waals surface area contributed by atoms with E-state index in [0.29, 0.717) is 6.42 Å². The summed E-state index contributed by atoms with van der Waals surface area (Å²) in [5.41, 5.74) is 2.88. The van der Waals surface area contributed by atoms with Gasteiger partial charge in [-0.3, -0.25) is 4.79 Å². The molecule has 19 heavy (non-hydrogen) atoms. The molecule has 0 aliphatic heterocycles. The van der Waals surface area contributed by atoms with Gasteiger partial charge in [0, 0.05) is 11.6 Å². The van der Waals surface area contributed by atoms with E-state index in [4.69, 9.17) is 0 Å². The smallest absolute Gasteiger partial charge is 0.170 e. The molecular formula is C15H19N3O. The molecule has 0 aliphatic rings. The van der Waals surface area contributed by atoms with Crippen molar-refractivity contribution in [2.75, 3.05) is 0 Å². The molecule has 1 heterocycles. The summed E-state index contributed by atoms with van der Waals surface area (Å²) in [6.07, 6.45) is 1.80. The predicted octanol–water partition coefficient (Wildman–Crippen LogP) is 2.90. The number of rotatable bonds is 4. The third kappa shape index (κ3) is 2.89. The normalized spacial score (nSPS) is 11.0. The maximum atomic E-state index is 12.4. The van der Waals surface area contributed by atoms with Crippen LogP contribution in [-0.4, -0.2) is 20.5 Å². The predicted molar refractivity (Wildman–Crippen MR) is 74.4 cm³/mol. The Hall–Kier alpha value is -1.97. The average Bonchev–Trinajstić information content (AvgIpc) is 2.80. The minimum atomic E-state index is 0.0936. The van der Waals surface area contributed by atoms with Gasteiger partial charge < -0.3 is 0 Å². The van der Waals surface area contributed by atoms with Crippen molar-refractivity contribution < 1.29 is 4.79 Å². The summed E-state index contributed by atoms with van der Waals surface area (Å²) in [4.78, 5) is 16.6. The zero-order valence-corrected chi connectivity index (χ0v) is 11.8. The first-order valence-corrected chi connectivity index (χ1v) is 6.48. The van der Waals surface area contributed by atoms with Crippen LogP contribution in [0.15, 0.2) is 24.5 Å². The summed E-state index contributed by atoms with van der Waals surface area (Å²) in [6, 6.07) is 6.15. The molecule has 0 atom stereocenters. The van der Waals surface area contributed by atoms with Crippen LogP contribution in [0.5, 0.6) is 0 Å². The van der Waals surface area contributed by atoms with Gasteiger partial charge in [0.05, 0.1) is 6.42 Å². The van der Waals surface area contributed by atoms with E-state index in [1.807, 2.05) is 45.9 Å². The molecule has 0 fully saturated rings. The Balaban J connectivity index is 2.26. The highest BCUT2D eigenvalue weighted by molar-refractivity contribution is 5.98. The molecule has 0 radical (unpaired) electrons.